The summed E-state index contributed by atoms with van der Waals surface area (Å²) in [7, 11) is 1.61. The predicted molar refractivity (Wildman–Crippen MR) is 74.4 cm³/mol. The number of aryl methyl sites for hydroxylation is 1. The van der Waals surface area contributed by atoms with Crippen LogP contribution in [0.4, 0.5) is 5.69 Å². The Morgan fingerprint density at radius 2 is 2.06 bits per heavy atom. The molecule has 94 valence electrons. The number of anilines is 1. The molecule has 0 spiro atoms. The first-order valence-corrected chi connectivity index (χ1v) is 6.53. The molecule has 0 bridgehead atoms. The molecule has 1 aromatic heterocycles. The molecule has 0 saturated heterocycles. The number of aromatic nitrogens is 1. The van der Waals surface area contributed by atoms with E-state index in [9.17, 15) is 0 Å². The van der Waals surface area contributed by atoms with Crippen LogP contribution in [0.2, 0.25) is 5.02 Å². The predicted octanol–water partition coefficient (Wildman–Crippen LogP) is 3.36. The summed E-state index contributed by atoms with van der Waals surface area (Å²) in [5, 5.41) is 1.51. The molecule has 1 aliphatic rings. The van der Waals surface area contributed by atoms with Crippen LogP contribution in [-0.4, -0.2) is 12.1 Å². The maximum atomic E-state index is 6.26. The van der Waals surface area contributed by atoms with Gasteiger partial charge in [-0.05, 0) is 37.3 Å². The van der Waals surface area contributed by atoms with Crippen molar-refractivity contribution in [3.63, 3.8) is 0 Å². The topological polar surface area (TPSA) is 48.1 Å². The van der Waals surface area contributed by atoms with Gasteiger partial charge in [0.15, 0.2) is 0 Å². The average molecular weight is 263 g/mol. The van der Waals surface area contributed by atoms with Crippen molar-refractivity contribution in [2.75, 3.05) is 12.8 Å². The van der Waals surface area contributed by atoms with Gasteiger partial charge in [0.2, 0.25) is 0 Å². The molecule has 1 heterocycles. The third-order valence-corrected chi connectivity index (χ3v) is 3.87. The van der Waals surface area contributed by atoms with Crippen LogP contribution in [0.3, 0.4) is 0 Å². The highest BCUT2D eigenvalue weighted by atomic mass is 35.5. The standard InChI is InChI=1S/C14H15ClN2O/c1-18-13-7-12-9(6-10(13)15)14(16)8-4-2-3-5-11(8)17-12/h6-7H,2-5H2,1H3,(H2,16,17). The lowest BCUT2D eigenvalue weighted by Crippen LogP contribution is -2.09. The van der Waals surface area contributed by atoms with Gasteiger partial charge in [-0.2, -0.15) is 0 Å². The first-order valence-electron chi connectivity index (χ1n) is 6.15. The highest BCUT2D eigenvalue weighted by molar-refractivity contribution is 6.33. The molecule has 3 nitrogen and oxygen atoms in total. The van der Waals surface area contributed by atoms with Crippen LogP contribution in [0.5, 0.6) is 5.75 Å². The Morgan fingerprint density at radius 1 is 1.28 bits per heavy atom. The molecule has 1 aliphatic carbocycles. The Bertz CT molecular complexity index is 625. The number of hydrogen-bond donors (Lipinski definition) is 1. The van der Waals surface area contributed by atoms with E-state index in [1.165, 1.54) is 18.4 Å². The van der Waals surface area contributed by atoms with Gasteiger partial charge in [0.25, 0.3) is 0 Å². The van der Waals surface area contributed by atoms with Crippen molar-refractivity contribution < 1.29 is 4.74 Å². The summed E-state index contributed by atoms with van der Waals surface area (Å²) < 4.78 is 5.22. The molecule has 3 rings (SSSR count). The zero-order valence-electron chi connectivity index (χ0n) is 10.3. The van der Waals surface area contributed by atoms with Crippen LogP contribution in [0.25, 0.3) is 10.9 Å². The Labute approximate surface area is 111 Å². The van der Waals surface area contributed by atoms with Gasteiger partial charge in [0.05, 0.1) is 17.6 Å². The second-order valence-electron chi connectivity index (χ2n) is 4.66. The van der Waals surface area contributed by atoms with E-state index in [0.717, 1.165) is 35.1 Å². The summed E-state index contributed by atoms with van der Waals surface area (Å²) >= 11 is 6.15. The van der Waals surface area contributed by atoms with Crippen LogP contribution in [0, 0.1) is 0 Å². The van der Waals surface area contributed by atoms with Crippen molar-refractivity contribution >= 4 is 28.2 Å². The molecule has 0 saturated carbocycles. The van der Waals surface area contributed by atoms with Crippen LogP contribution in [0.15, 0.2) is 12.1 Å². The van der Waals surface area contributed by atoms with E-state index in [2.05, 4.69) is 0 Å². The molecular weight excluding hydrogens is 248 g/mol. The number of pyridine rings is 1. The molecule has 2 aromatic rings. The van der Waals surface area contributed by atoms with E-state index < -0.39 is 0 Å². The van der Waals surface area contributed by atoms with E-state index >= 15 is 0 Å². The van der Waals surface area contributed by atoms with Gasteiger partial charge in [-0.15, -0.1) is 0 Å². The van der Waals surface area contributed by atoms with Gasteiger partial charge >= 0.3 is 0 Å². The molecule has 2 N–H and O–H groups in total. The smallest absolute Gasteiger partial charge is 0.139 e. The van der Waals surface area contributed by atoms with Crippen molar-refractivity contribution in [1.82, 2.24) is 4.98 Å². The largest absolute Gasteiger partial charge is 0.495 e. The van der Waals surface area contributed by atoms with Crippen molar-refractivity contribution in [3.05, 3.63) is 28.4 Å². The van der Waals surface area contributed by atoms with Crippen molar-refractivity contribution in [1.29, 1.82) is 0 Å². The number of benzene rings is 1. The van der Waals surface area contributed by atoms with Gasteiger partial charge in [-0.25, -0.2) is 0 Å². The molecule has 0 aliphatic heterocycles. The number of nitrogens with two attached hydrogens (primary N) is 1. The summed E-state index contributed by atoms with van der Waals surface area (Å²) in [6.07, 6.45) is 4.41. The van der Waals surface area contributed by atoms with Crippen LogP contribution < -0.4 is 10.5 Å². The molecule has 0 unspecified atom stereocenters. The SMILES string of the molecule is COc1cc2nc3c(c(N)c2cc1Cl)CCCC3. The van der Waals surface area contributed by atoms with Gasteiger partial charge < -0.3 is 10.5 Å². The monoisotopic (exact) mass is 262 g/mol. The maximum Gasteiger partial charge on any atom is 0.139 e. The number of halogens is 1. The third kappa shape index (κ3) is 1.70. The Hall–Kier alpha value is -1.48. The minimum atomic E-state index is 0.578. The summed E-state index contributed by atoms with van der Waals surface area (Å²) in [4.78, 5) is 4.71. The molecule has 0 amide bonds. The van der Waals surface area contributed by atoms with E-state index in [1.807, 2.05) is 12.1 Å². The molecule has 18 heavy (non-hydrogen) atoms. The van der Waals surface area contributed by atoms with E-state index in [0.29, 0.717) is 10.8 Å². The van der Waals surface area contributed by atoms with E-state index in [-0.39, 0.29) is 0 Å². The number of ether oxygens (including phenoxy) is 1. The number of fused-ring (bicyclic) bond motifs is 2. The second kappa shape index (κ2) is 4.32. The Balaban J connectivity index is 2.31. The minimum Gasteiger partial charge on any atom is -0.495 e. The fourth-order valence-corrected chi connectivity index (χ4v) is 2.86. The first-order chi connectivity index (χ1) is 8.70. The lowest BCUT2D eigenvalue weighted by molar-refractivity contribution is 0.415. The van der Waals surface area contributed by atoms with Crippen molar-refractivity contribution in [3.8, 4) is 5.75 Å². The zero-order valence-corrected chi connectivity index (χ0v) is 11.0. The summed E-state index contributed by atoms with van der Waals surface area (Å²) in [5.41, 5.74) is 10.3. The van der Waals surface area contributed by atoms with E-state index in [4.69, 9.17) is 27.1 Å². The fraction of sp³-hybridized carbons (Fsp3) is 0.357. The molecule has 1 aromatic carbocycles. The Kier molecular flexibility index (Phi) is 2.78. The van der Waals surface area contributed by atoms with Crippen LogP contribution in [-0.2, 0) is 12.8 Å². The number of nitrogen functional groups attached to an aromatic ring is 1. The zero-order chi connectivity index (χ0) is 12.7. The summed E-state index contributed by atoms with van der Waals surface area (Å²) in [6.45, 7) is 0. The van der Waals surface area contributed by atoms with E-state index in [1.54, 1.807) is 7.11 Å². The van der Waals surface area contributed by atoms with Gasteiger partial charge in [0.1, 0.15) is 5.75 Å². The first kappa shape index (κ1) is 11.6. The fourth-order valence-electron chi connectivity index (χ4n) is 2.62. The molecule has 4 heteroatoms. The normalized spacial score (nSPS) is 14.6. The number of methoxy groups -OCH3 is 1. The highest BCUT2D eigenvalue weighted by Crippen LogP contribution is 2.36. The minimum absolute atomic E-state index is 0.578. The number of nitrogens with zero attached hydrogens (tertiary/aromatic N) is 1. The van der Waals surface area contributed by atoms with Gasteiger partial charge in [-0.1, -0.05) is 11.6 Å². The number of rotatable bonds is 1. The van der Waals surface area contributed by atoms with Gasteiger partial charge in [-0.3, -0.25) is 4.98 Å². The summed E-state index contributed by atoms with van der Waals surface area (Å²) in [6, 6.07) is 3.72. The van der Waals surface area contributed by atoms with Crippen molar-refractivity contribution in [2.24, 2.45) is 0 Å². The van der Waals surface area contributed by atoms with Gasteiger partial charge in [0, 0.05) is 22.8 Å². The lowest BCUT2D eigenvalue weighted by atomic mass is 9.93. The second-order valence-corrected chi connectivity index (χ2v) is 5.07. The highest BCUT2D eigenvalue weighted by Gasteiger charge is 2.17. The van der Waals surface area contributed by atoms with Crippen molar-refractivity contribution in [2.45, 2.75) is 25.7 Å². The quantitative estimate of drug-likeness (QED) is 0.857. The molecule has 0 atom stereocenters. The maximum absolute atomic E-state index is 6.26. The molecule has 0 fully saturated rings. The molecule has 0 radical (unpaired) electrons. The third-order valence-electron chi connectivity index (χ3n) is 3.58. The number of hydrogen-bond acceptors (Lipinski definition) is 3. The average Bonchev–Trinajstić information content (AvgIpc) is 2.39. The lowest BCUT2D eigenvalue weighted by Gasteiger charge is -2.19. The summed E-state index contributed by atoms with van der Waals surface area (Å²) in [5.74, 6) is 0.645. The Morgan fingerprint density at radius 3 is 2.83 bits per heavy atom. The van der Waals surface area contributed by atoms with Crippen LogP contribution in [0.1, 0.15) is 24.1 Å². The van der Waals surface area contributed by atoms with Crippen LogP contribution >= 0.6 is 11.6 Å². The molecular formula is C14H15ClN2O.